The number of nitrogens with zero attached hydrogens (tertiary/aromatic N) is 1. The van der Waals surface area contributed by atoms with Gasteiger partial charge < -0.3 is 19.5 Å². The predicted octanol–water partition coefficient (Wildman–Crippen LogP) is 2.77. The van der Waals surface area contributed by atoms with E-state index in [0.717, 1.165) is 17.1 Å². The molecule has 1 N–H and O–H groups in total. The molecule has 0 aliphatic carbocycles. The summed E-state index contributed by atoms with van der Waals surface area (Å²) in [5.74, 6) is 1.95. The van der Waals surface area contributed by atoms with Crippen molar-refractivity contribution in [3.8, 4) is 17.2 Å². The minimum Gasteiger partial charge on any atom is -0.493 e. The standard InChI is InChI=1S/C15H20N2O3S/c1-10-17-9-12(21-10)8-16-7-11-5-13(18-2)15(20-4)14(6-11)19-3/h5-6,9,16H,7-8H2,1-4H3. The Kier molecular flexibility index (Phi) is 5.41. The van der Waals surface area contributed by atoms with Crippen molar-refractivity contribution >= 4 is 11.3 Å². The molecule has 0 bridgehead atoms. The van der Waals surface area contributed by atoms with Gasteiger partial charge in [-0.25, -0.2) is 4.98 Å². The van der Waals surface area contributed by atoms with Crippen molar-refractivity contribution in [3.63, 3.8) is 0 Å². The van der Waals surface area contributed by atoms with Gasteiger partial charge in [-0.1, -0.05) is 0 Å². The Morgan fingerprint density at radius 3 is 2.19 bits per heavy atom. The third-order valence-electron chi connectivity index (χ3n) is 3.02. The van der Waals surface area contributed by atoms with Crippen LogP contribution in [0.1, 0.15) is 15.4 Å². The summed E-state index contributed by atoms with van der Waals surface area (Å²) in [5.41, 5.74) is 1.07. The first-order valence-electron chi connectivity index (χ1n) is 6.58. The Balaban J connectivity index is 2.05. The maximum absolute atomic E-state index is 5.35. The highest BCUT2D eigenvalue weighted by molar-refractivity contribution is 7.11. The van der Waals surface area contributed by atoms with Crippen LogP contribution in [0.2, 0.25) is 0 Å². The van der Waals surface area contributed by atoms with E-state index < -0.39 is 0 Å². The van der Waals surface area contributed by atoms with Crippen LogP contribution in [0.4, 0.5) is 0 Å². The Labute approximate surface area is 128 Å². The van der Waals surface area contributed by atoms with Gasteiger partial charge in [0, 0.05) is 24.2 Å². The SMILES string of the molecule is COc1cc(CNCc2cnc(C)s2)cc(OC)c1OC. The van der Waals surface area contributed by atoms with Gasteiger partial charge in [-0.3, -0.25) is 0 Å². The molecule has 0 saturated carbocycles. The molecule has 1 aromatic carbocycles. The topological polar surface area (TPSA) is 52.6 Å². The Hall–Kier alpha value is -1.79. The van der Waals surface area contributed by atoms with Crippen molar-refractivity contribution in [3.05, 3.63) is 33.8 Å². The van der Waals surface area contributed by atoms with Crippen molar-refractivity contribution in [2.24, 2.45) is 0 Å². The van der Waals surface area contributed by atoms with E-state index in [1.54, 1.807) is 32.7 Å². The van der Waals surface area contributed by atoms with E-state index in [4.69, 9.17) is 14.2 Å². The summed E-state index contributed by atoms with van der Waals surface area (Å²) in [7, 11) is 4.84. The fourth-order valence-electron chi connectivity index (χ4n) is 2.05. The molecule has 2 aromatic rings. The van der Waals surface area contributed by atoms with Crippen LogP contribution in [-0.2, 0) is 13.1 Å². The lowest BCUT2D eigenvalue weighted by Crippen LogP contribution is -2.12. The van der Waals surface area contributed by atoms with Crippen LogP contribution < -0.4 is 19.5 Å². The molecule has 114 valence electrons. The molecule has 0 atom stereocenters. The average molecular weight is 308 g/mol. The molecule has 21 heavy (non-hydrogen) atoms. The summed E-state index contributed by atoms with van der Waals surface area (Å²) in [6, 6.07) is 3.90. The van der Waals surface area contributed by atoms with Crippen LogP contribution in [0.25, 0.3) is 0 Å². The number of hydrogen-bond donors (Lipinski definition) is 1. The molecule has 0 unspecified atom stereocenters. The van der Waals surface area contributed by atoms with Gasteiger partial charge in [0.15, 0.2) is 11.5 Å². The Morgan fingerprint density at radius 1 is 1.05 bits per heavy atom. The van der Waals surface area contributed by atoms with Gasteiger partial charge in [0.1, 0.15) is 0 Å². The second kappa shape index (κ2) is 7.28. The number of rotatable bonds is 7. The molecule has 0 aliphatic heterocycles. The van der Waals surface area contributed by atoms with E-state index in [9.17, 15) is 0 Å². The van der Waals surface area contributed by atoms with E-state index in [1.165, 1.54) is 4.88 Å². The molecule has 5 nitrogen and oxygen atoms in total. The first-order valence-corrected chi connectivity index (χ1v) is 7.40. The summed E-state index contributed by atoms with van der Waals surface area (Å²) >= 11 is 1.70. The maximum Gasteiger partial charge on any atom is 0.203 e. The highest BCUT2D eigenvalue weighted by atomic mass is 32.1. The van der Waals surface area contributed by atoms with Crippen molar-refractivity contribution in [1.82, 2.24) is 10.3 Å². The summed E-state index contributed by atoms with van der Waals surface area (Å²) in [5, 5.41) is 4.47. The molecule has 2 rings (SSSR count). The first kappa shape index (κ1) is 15.6. The zero-order valence-corrected chi connectivity index (χ0v) is 13.5. The van der Waals surface area contributed by atoms with Gasteiger partial charge in [0.25, 0.3) is 0 Å². The normalized spacial score (nSPS) is 10.5. The minimum atomic E-state index is 0.613. The van der Waals surface area contributed by atoms with E-state index in [2.05, 4.69) is 10.3 Å². The van der Waals surface area contributed by atoms with Gasteiger partial charge in [-0.15, -0.1) is 11.3 Å². The number of benzene rings is 1. The summed E-state index contributed by atoms with van der Waals surface area (Å²) in [6.45, 7) is 3.52. The summed E-state index contributed by atoms with van der Waals surface area (Å²) < 4.78 is 16.0. The third-order valence-corrected chi connectivity index (χ3v) is 3.93. The Bertz CT molecular complexity index is 573. The van der Waals surface area contributed by atoms with Gasteiger partial charge in [0.2, 0.25) is 5.75 Å². The molecule has 0 fully saturated rings. The summed E-state index contributed by atoms with van der Waals surface area (Å²) in [4.78, 5) is 5.46. The minimum absolute atomic E-state index is 0.613. The monoisotopic (exact) mass is 308 g/mol. The van der Waals surface area contributed by atoms with Gasteiger partial charge in [0.05, 0.1) is 26.3 Å². The largest absolute Gasteiger partial charge is 0.493 e. The molecule has 0 aliphatic rings. The van der Waals surface area contributed by atoms with Gasteiger partial charge in [-0.2, -0.15) is 0 Å². The number of methoxy groups -OCH3 is 3. The zero-order chi connectivity index (χ0) is 15.2. The quantitative estimate of drug-likeness (QED) is 0.852. The number of hydrogen-bond acceptors (Lipinski definition) is 6. The highest BCUT2D eigenvalue weighted by Crippen LogP contribution is 2.38. The van der Waals surface area contributed by atoms with E-state index >= 15 is 0 Å². The van der Waals surface area contributed by atoms with Crippen LogP contribution in [0, 0.1) is 6.92 Å². The summed E-state index contributed by atoms with van der Waals surface area (Å²) in [6.07, 6.45) is 1.90. The molecule has 6 heteroatoms. The molecule has 0 spiro atoms. The lowest BCUT2D eigenvalue weighted by Gasteiger charge is -2.14. The van der Waals surface area contributed by atoms with Crippen molar-refractivity contribution in [2.75, 3.05) is 21.3 Å². The smallest absolute Gasteiger partial charge is 0.203 e. The van der Waals surface area contributed by atoms with Crippen LogP contribution >= 0.6 is 11.3 Å². The van der Waals surface area contributed by atoms with Crippen molar-refractivity contribution in [1.29, 1.82) is 0 Å². The fraction of sp³-hybridized carbons (Fsp3) is 0.400. The van der Waals surface area contributed by atoms with Crippen LogP contribution in [0.15, 0.2) is 18.3 Å². The van der Waals surface area contributed by atoms with Crippen LogP contribution in [0.5, 0.6) is 17.2 Å². The number of aromatic nitrogens is 1. The van der Waals surface area contributed by atoms with Gasteiger partial charge >= 0.3 is 0 Å². The highest BCUT2D eigenvalue weighted by Gasteiger charge is 2.12. The lowest BCUT2D eigenvalue weighted by atomic mass is 10.1. The average Bonchev–Trinajstić information content (AvgIpc) is 2.91. The van der Waals surface area contributed by atoms with Crippen LogP contribution in [0.3, 0.4) is 0 Å². The Morgan fingerprint density at radius 2 is 1.71 bits per heavy atom. The molecular formula is C15H20N2O3S. The van der Waals surface area contributed by atoms with Gasteiger partial charge in [-0.05, 0) is 24.6 Å². The molecular weight excluding hydrogens is 288 g/mol. The number of ether oxygens (including phenoxy) is 3. The third kappa shape index (κ3) is 3.86. The second-order valence-corrected chi connectivity index (χ2v) is 5.80. The number of thiazole rings is 1. The van der Waals surface area contributed by atoms with Crippen molar-refractivity contribution < 1.29 is 14.2 Å². The molecule has 1 heterocycles. The number of nitrogens with one attached hydrogen (secondary N) is 1. The number of aryl methyl sites for hydroxylation is 1. The molecule has 0 radical (unpaired) electrons. The van der Waals surface area contributed by atoms with E-state index in [0.29, 0.717) is 23.8 Å². The first-order chi connectivity index (χ1) is 10.2. The zero-order valence-electron chi connectivity index (χ0n) is 12.7. The fourth-order valence-corrected chi connectivity index (χ4v) is 2.82. The van der Waals surface area contributed by atoms with E-state index in [-0.39, 0.29) is 0 Å². The second-order valence-electron chi connectivity index (χ2n) is 4.48. The maximum atomic E-state index is 5.35. The van der Waals surface area contributed by atoms with E-state index in [1.807, 2.05) is 25.3 Å². The van der Waals surface area contributed by atoms with Crippen LogP contribution in [-0.4, -0.2) is 26.3 Å². The molecule has 0 amide bonds. The lowest BCUT2D eigenvalue weighted by molar-refractivity contribution is 0.323. The molecule has 1 aromatic heterocycles. The van der Waals surface area contributed by atoms with Crippen molar-refractivity contribution in [2.45, 2.75) is 20.0 Å². The predicted molar refractivity (Wildman–Crippen MR) is 83.5 cm³/mol. The molecule has 0 saturated heterocycles.